The van der Waals surface area contributed by atoms with Gasteiger partial charge in [0, 0.05) is 24.8 Å². The molecule has 0 spiro atoms. The van der Waals surface area contributed by atoms with Crippen LogP contribution in [0.5, 0.6) is 5.75 Å². The average Bonchev–Trinajstić information content (AvgIpc) is 2.76. The molecule has 0 saturated carbocycles. The van der Waals surface area contributed by atoms with E-state index in [4.69, 9.17) is 4.74 Å². The maximum absolute atomic E-state index is 5.89. The minimum atomic E-state index is 0.307. The lowest BCUT2D eigenvalue weighted by molar-refractivity contribution is 0.224. The van der Waals surface area contributed by atoms with Crippen molar-refractivity contribution in [3.63, 3.8) is 0 Å². The van der Waals surface area contributed by atoms with Gasteiger partial charge in [-0.25, -0.2) is 0 Å². The minimum absolute atomic E-state index is 0.307. The van der Waals surface area contributed by atoms with Crippen LogP contribution in [0.2, 0.25) is 0 Å². The first-order valence-electron chi connectivity index (χ1n) is 6.35. The van der Waals surface area contributed by atoms with Crippen LogP contribution in [0.1, 0.15) is 19.4 Å². The summed E-state index contributed by atoms with van der Waals surface area (Å²) in [5.41, 5.74) is 1.34. The van der Waals surface area contributed by atoms with Crippen molar-refractivity contribution < 1.29 is 4.74 Å². The van der Waals surface area contributed by atoms with Gasteiger partial charge in [0.2, 0.25) is 0 Å². The molecular weight excluding hydrogens is 230 g/mol. The quantitative estimate of drug-likeness (QED) is 0.840. The molecule has 2 rings (SSSR count). The van der Waals surface area contributed by atoms with E-state index in [0.29, 0.717) is 12.1 Å². The average molecular weight is 251 g/mol. The van der Waals surface area contributed by atoms with Crippen LogP contribution >= 0.6 is 11.8 Å². The smallest absolute Gasteiger partial charge is 0.123 e. The molecule has 0 fully saturated rings. The summed E-state index contributed by atoms with van der Waals surface area (Å²) in [5, 5.41) is 3.55. The normalized spacial score (nSPS) is 19.8. The molecule has 2 atom stereocenters. The molecule has 2 nitrogen and oxygen atoms in total. The van der Waals surface area contributed by atoms with E-state index in [9.17, 15) is 0 Å². The second-order valence-corrected chi connectivity index (χ2v) is 5.84. The van der Waals surface area contributed by atoms with Gasteiger partial charge in [-0.2, -0.15) is 11.8 Å². The van der Waals surface area contributed by atoms with Gasteiger partial charge in [0.05, 0.1) is 0 Å². The second kappa shape index (κ2) is 6.31. The first-order chi connectivity index (χ1) is 8.29. The third-order valence-electron chi connectivity index (χ3n) is 2.98. The fourth-order valence-electron chi connectivity index (χ4n) is 2.05. The molecule has 1 N–H and O–H groups in total. The Bertz CT molecular complexity index is 331. The summed E-state index contributed by atoms with van der Waals surface area (Å²) < 4.78 is 5.89. The first-order valence-corrected chi connectivity index (χ1v) is 7.50. The van der Waals surface area contributed by atoms with Crippen molar-refractivity contribution >= 4 is 11.8 Å². The number of rotatable bonds is 6. The van der Waals surface area contributed by atoms with E-state index >= 15 is 0 Å². The van der Waals surface area contributed by atoms with Crippen molar-refractivity contribution in [2.75, 3.05) is 18.1 Å². The van der Waals surface area contributed by atoms with Crippen LogP contribution in [0.15, 0.2) is 24.3 Å². The number of fused-ring (bicyclic) bond motifs is 1. The predicted octanol–water partition coefficient (Wildman–Crippen LogP) is 2.72. The van der Waals surface area contributed by atoms with Gasteiger partial charge in [-0.05, 0) is 24.3 Å². The lowest BCUT2D eigenvalue weighted by Crippen LogP contribution is -2.37. The zero-order valence-corrected chi connectivity index (χ0v) is 11.4. The molecule has 0 aliphatic carbocycles. The zero-order chi connectivity index (χ0) is 12.1. The van der Waals surface area contributed by atoms with Crippen LogP contribution in [-0.2, 0) is 6.42 Å². The number of nitrogens with one attached hydrogen (secondary N) is 1. The van der Waals surface area contributed by atoms with Crippen molar-refractivity contribution in [1.29, 1.82) is 0 Å². The third-order valence-corrected chi connectivity index (χ3v) is 4.12. The molecule has 0 radical (unpaired) electrons. The second-order valence-electron chi connectivity index (χ2n) is 4.52. The molecule has 3 heteroatoms. The fourth-order valence-corrected chi connectivity index (χ4v) is 2.76. The summed E-state index contributed by atoms with van der Waals surface area (Å²) >= 11 is 1.98. The number of ether oxygens (including phenoxy) is 1. The monoisotopic (exact) mass is 251 g/mol. The van der Waals surface area contributed by atoms with Gasteiger partial charge in [0.1, 0.15) is 11.9 Å². The SMILES string of the molecule is CCSCC(C)NCC1Cc2ccccc2O1. The largest absolute Gasteiger partial charge is 0.488 e. The van der Waals surface area contributed by atoms with Gasteiger partial charge in [0.15, 0.2) is 0 Å². The Balaban J connectivity index is 1.73. The topological polar surface area (TPSA) is 21.3 Å². The summed E-state index contributed by atoms with van der Waals surface area (Å²) in [5.74, 6) is 3.43. The molecule has 1 aliphatic rings. The first kappa shape index (κ1) is 12.8. The van der Waals surface area contributed by atoms with E-state index in [1.165, 1.54) is 17.1 Å². The standard InChI is InChI=1S/C14H21NOS/c1-3-17-10-11(2)15-9-13-8-12-6-4-5-7-14(12)16-13/h4-7,11,13,15H,3,8-10H2,1-2H3. The highest BCUT2D eigenvalue weighted by Gasteiger charge is 2.22. The Labute approximate surface area is 108 Å². The van der Waals surface area contributed by atoms with Gasteiger partial charge in [-0.3, -0.25) is 0 Å². The van der Waals surface area contributed by atoms with Gasteiger partial charge in [-0.15, -0.1) is 0 Å². The van der Waals surface area contributed by atoms with Crippen LogP contribution in [-0.4, -0.2) is 30.2 Å². The summed E-state index contributed by atoms with van der Waals surface area (Å²) in [4.78, 5) is 0. The molecular formula is C14H21NOS. The molecule has 2 unspecified atom stereocenters. The number of hydrogen-bond acceptors (Lipinski definition) is 3. The molecule has 1 aromatic rings. The fraction of sp³-hybridized carbons (Fsp3) is 0.571. The van der Waals surface area contributed by atoms with Crippen molar-refractivity contribution in [3.8, 4) is 5.75 Å². The lowest BCUT2D eigenvalue weighted by Gasteiger charge is -2.16. The molecule has 17 heavy (non-hydrogen) atoms. The Morgan fingerprint density at radius 1 is 1.47 bits per heavy atom. The number of benzene rings is 1. The Morgan fingerprint density at radius 2 is 2.29 bits per heavy atom. The van der Waals surface area contributed by atoms with Crippen LogP contribution in [0.4, 0.5) is 0 Å². The number of thioether (sulfide) groups is 1. The van der Waals surface area contributed by atoms with Crippen molar-refractivity contribution in [2.24, 2.45) is 0 Å². The summed E-state index contributed by atoms with van der Waals surface area (Å²) in [7, 11) is 0. The highest BCUT2D eigenvalue weighted by Crippen LogP contribution is 2.27. The minimum Gasteiger partial charge on any atom is -0.488 e. The maximum atomic E-state index is 5.89. The highest BCUT2D eigenvalue weighted by molar-refractivity contribution is 7.99. The number of hydrogen-bond donors (Lipinski definition) is 1. The van der Waals surface area contributed by atoms with E-state index in [1.807, 2.05) is 17.8 Å². The van der Waals surface area contributed by atoms with Crippen molar-refractivity contribution in [1.82, 2.24) is 5.32 Å². The molecule has 94 valence electrons. The summed E-state index contributed by atoms with van der Waals surface area (Å²) in [6.07, 6.45) is 1.35. The van der Waals surface area contributed by atoms with Gasteiger partial charge in [-0.1, -0.05) is 25.1 Å². The molecule has 1 aromatic carbocycles. The van der Waals surface area contributed by atoms with Crippen molar-refractivity contribution in [2.45, 2.75) is 32.4 Å². The van der Waals surface area contributed by atoms with Crippen LogP contribution in [0.25, 0.3) is 0 Å². The summed E-state index contributed by atoms with van der Waals surface area (Å²) in [6.45, 7) is 5.39. The van der Waals surface area contributed by atoms with Crippen LogP contribution in [0.3, 0.4) is 0 Å². The molecule has 0 saturated heterocycles. The molecule has 1 aliphatic heterocycles. The molecule has 0 amide bonds. The molecule has 0 aromatic heterocycles. The third kappa shape index (κ3) is 3.65. The summed E-state index contributed by atoms with van der Waals surface area (Å²) in [6, 6.07) is 8.90. The predicted molar refractivity (Wildman–Crippen MR) is 75.0 cm³/mol. The maximum Gasteiger partial charge on any atom is 0.123 e. The molecule has 0 bridgehead atoms. The van der Waals surface area contributed by atoms with Gasteiger partial charge >= 0.3 is 0 Å². The van der Waals surface area contributed by atoms with E-state index in [-0.39, 0.29) is 0 Å². The van der Waals surface area contributed by atoms with Crippen molar-refractivity contribution in [3.05, 3.63) is 29.8 Å². The van der Waals surface area contributed by atoms with Crippen LogP contribution in [0, 0.1) is 0 Å². The van der Waals surface area contributed by atoms with Crippen LogP contribution < -0.4 is 10.1 Å². The van der Waals surface area contributed by atoms with E-state index in [0.717, 1.165) is 18.7 Å². The van der Waals surface area contributed by atoms with E-state index in [1.54, 1.807) is 0 Å². The Hall–Kier alpha value is -0.670. The van der Waals surface area contributed by atoms with E-state index in [2.05, 4.69) is 37.4 Å². The Morgan fingerprint density at radius 3 is 3.06 bits per heavy atom. The highest BCUT2D eigenvalue weighted by atomic mass is 32.2. The lowest BCUT2D eigenvalue weighted by atomic mass is 10.1. The number of para-hydroxylation sites is 1. The molecule has 1 heterocycles. The Kier molecular flexibility index (Phi) is 4.75. The zero-order valence-electron chi connectivity index (χ0n) is 10.6. The van der Waals surface area contributed by atoms with Gasteiger partial charge in [0.25, 0.3) is 0 Å². The van der Waals surface area contributed by atoms with E-state index < -0.39 is 0 Å². The van der Waals surface area contributed by atoms with Gasteiger partial charge < -0.3 is 10.1 Å².